The van der Waals surface area contributed by atoms with Gasteiger partial charge in [0.1, 0.15) is 0 Å². The Bertz CT molecular complexity index is 310. The Balaban J connectivity index is 2.71. The van der Waals surface area contributed by atoms with Gasteiger partial charge in [-0.2, -0.15) is 5.26 Å². The molecule has 4 heteroatoms. The first kappa shape index (κ1) is 9.33. The third kappa shape index (κ3) is 2.34. The normalized spacial score (nSPS) is 15.0. The molecular formula is C9H10N2O2. The van der Waals surface area contributed by atoms with Gasteiger partial charge in [0.05, 0.1) is 11.6 Å². The summed E-state index contributed by atoms with van der Waals surface area (Å²) in [5.74, 6) is -0.925. The van der Waals surface area contributed by atoms with Gasteiger partial charge in [-0.25, -0.2) is 4.79 Å². The highest BCUT2D eigenvalue weighted by Gasteiger charge is 2.14. The van der Waals surface area contributed by atoms with Crippen LogP contribution in [0.4, 0.5) is 0 Å². The fourth-order valence-corrected chi connectivity index (χ4v) is 1.17. The second kappa shape index (κ2) is 4.31. The van der Waals surface area contributed by atoms with E-state index in [-0.39, 0.29) is 0 Å². The van der Waals surface area contributed by atoms with E-state index in [4.69, 9.17) is 10.4 Å². The monoisotopic (exact) mass is 178 g/mol. The molecule has 0 radical (unpaired) electrons. The van der Waals surface area contributed by atoms with Crippen LogP contribution in [0.5, 0.6) is 0 Å². The molecule has 1 aliphatic heterocycles. The zero-order valence-electron chi connectivity index (χ0n) is 7.08. The third-order valence-corrected chi connectivity index (χ3v) is 1.78. The van der Waals surface area contributed by atoms with E-state index in [2.05, 4.69) is 5.32 Å². The minimum atomic E-state index is -0.925. The highest BCUT2D eigenvalue weighted by molar-refractivity contribution is 5.92. The summed E-state index contributed by atoms with van der Waals surface area (Å²) in [7, 11) is 0. The van der Waals surface area contributed by atoms with E-state index in [1.54, 1.807) is 12.3 Å². The molecule has 13 heavy (non-hydrogen) atoms. The van der Waals surface area contributed by atoms with Crippen LogP contribution in [0.15, 0.2) is 23.4 Å². The molecule has 4 nitrogen and oxygen atoms in total. The smallest absolute Gasteiger partial charge is 0.335 e. The number of rotatable bonds is 3. The van der Waals surface area contributed by atoms with Crippen molar-refractivity contribution in [1.82, 2.24) is 5.32 Å². The zero-order valence-corrected chi connectivity index (χ0v) is 7.08. The Morgan fingerprint density at radius 3 is 3.15 bits per heavy atom. The fourth-order valence-electron chi connectivity index (χ4n) is 1.17. The first-order chi connectivity index (χ1) is 6.25. The molecule has 0 fully saturated rings. The van der Waals surface area contributed by atoms with Crippen LogP contribution in [0.25, 0.3) is 0 Å². The molecule has 2 N–H and O–H groups in total. The summed E-state index contributed by atoms with van der Waals surface area (Å²) < 4.78 is 0. The molecule has 0 atom stereocenters. The van der Waals surface area contributed by atoms with Crippen LogP contribution in [0.3, 0.4) is 0 Å². The molecule has 1 rings (SSSR count). The lowest BCUT2D eigenvalue weighted by molar-refractivity contribution is -0.132. The standard InChI is InChI=1S/C9H10N2O2/c10-4-1-2-7-6-11-5-3-8(7)9(12)13/h3,6,11H,1-2,5H2,(H,12,13). The maximum atomic E-state index is 10.7. The van der Waals surface area contributed by atoms with Crippen molar-refractivity contribution in [2.45, 2.75) is 12.8 Å². The first-order valence-corrected chi connectivity index (χ1v) is 3.99. The number of nitrogens with one attached hydrogen (secondary N) is 1. The second-order valence-electron chi connectivity index (χ2n) is 2.66. The summed E-state index contributed by atoms with van der Waals surface area (Å²) in [6.07, 6.45) is 4.12. The van der Waals surface area contributed by atoms with E-state index >= 15 is 0 Å². The Morgan fingerprint density at radius 1 is 1.77 bits per heavy atom. The molecule has 0 spiro atoms. The average molecular weight is 178 g/mol. The molecule has 0 aliphatic carbocycles. The molecule has 0 aromatic rings. The molecule has 0 bridgehead atoms. The Morgan fingerprint density at radius 2 is 2.54 bits per heavy atom. The number of carbonyl (C=O) groups is 1. The number of nitrogens with zero attached hydrogens (tertiary/aromatic N) is 1. The van der Waals surface area contributed by atoms with Crippen molar-refractivity contribution in [1.29, 1.82) is 5.26 Å². The number of hydrogen-bond acceptors (Lipinski definition) is 3. The number of carboxylic acid groups (broad SMARTS) is 1. The Labute approximate surface area is 76.2 Å². The van der Waals surface area contributed by atoms with Crippen LogP contribution in [-0.2, 0) is 4.79 Å². The fraction of sp³-hybridized carbons (Fsp3) is 0.333. The van der Waals surface area contributed by atoms with Crippen molar-refractivity contribution in [3.8, 4) is 6.07 Å². The number of dihydropyridines is 1. The summed E-state index contributed by atoms with van der Waals surface area (Å²) >= 11 is 0. The third-order valence-electron chi connectivity index (χ3n) is 1.78. The molecule has 1 heterocycles. The SMILES string of the molecule is N#CCCC1=CNCC=C1C(=O)O. The molecule has 0 aromatic heterocycles. The Kier molecular flexibility index (Phi) is 3.09. The maximum absolute atomic E-state index is 10.7. The van der Waals surface area contributed by atoms with Gasteiger partial charge in [0.25, 0.3) is 0 Å². The lowest BCUT2D eigenvalue weighted by Crippen LogP contribution is -2.17. The van der Waals surface area contributed by atoms with Gasteiger partial charge in [0, 0.05) is 19.2 Å². The summed E-state index contributed by atoms with van der Waals surface area (Å²) in [4.78, 5) is 10.7. The maximum Gasteiger partial charge on any atom is 0.335 e. The largest absolute Gasteiger partial charge is 0.478 e. The van der Waals surface area contributed by atoms with Gasteiger partial charge in [-0.05, 0) is 12.0 Å². The molecule has 68 valence electrons. The minimum Gasteiger partial charge on any atom is -0.478 e. The summed E-state index contributed by atoms with van der Waals surface area (Å²) in [5.41, 5.74) is 1.01. The van der Waals surface area contributed by atoms with Crippen LogP contribution in [0, 0.1) is 11.3 Å². The number of nitriles is 1. The van der Waals surface area contributed by atoms with Gasteiger partial charge >= 0.3 is 5.97 Å². The molecule has 0 aromatic carbocycles. The second-order valence-corrected chi connectivity index (χ2v) is 2.66. The molecular weight excluding hydrogens is 168 g/mol. The first-order valence-electron chi connectivity index (χ1n) is 3.99. The molecule has 0 unspecified atom stereocenters. The van der Waals surface area contributed by atoms with E-state index in [0.29, 0.717) is 30.5 Å². The van der Waals surface area contributed by atoms with Crippen molar-refractivity contribution >= 4 is 5.97 Å². The van der Waals surface area contributed by atoms with Gasteiger partial charge in [0.2, 0.25) is 0 Å². The number of hydrogen-bond donors (Lipinski definition) is 2. The van der Waals surface area contributed by atoms with Crippen LogP contribution in [0.2, 0.25) is 0 Å². The average Bonchev–Trinajstić information content (AvgIpc) is 2.15. The molecule has 0 saturated carbocycles. The van der Waals surface area contributed by atoms with Crippen molar-refractivity contribution in [2.75, 3.05) is 6.54 Å². The van der Waals surface area contributed by atoms with Crippen molar-refractivity contribution < 1.29 is 9.90 Å². The van der Waals surface area contributed by atoms with E-state index < -0.39 is 5.97 Å². The van der Waals surface area contributed by atoms with Crippen LogP contribution >= 0.6 is 0 Å². The Hall–Kier alpha value is -1.76. The summed E-state index contributed by atoms with van der Waals surface area (Å²) in [6.45, 7) is 0.539. The van der Waals surface area contributed by atoms with Gasteiger partial charge in [-0.3, -0.25) is 0 Å². The molecule has 1 aliphatic rings. The van der Waals surface area contributed by atoms with Gasteiger partial charge in [-0.1, -0.05) is 6.08 Å². The van der Waals surface area contributed by atoms with E-state index in [1.165, 1.54) is 0 Å². The van der Waals surface area contributed by atoms with E-state index in [0.717, 1.165) is 0 Å². The number of aliphatic carboxylic acids is 1. The predicted molar refractivity (Wildman–Crippen MR) is 46.7 cm³/mol. The van der Waals surface area contributed by atoms with Crippen LogP contribution in [0.1, 0.15) is 12.8 Å². The quantitative estimate of drug-likeness (QED) is 0.670. The van der Waals surface area contributed by atoms with E-state index in [1.807, 2.05) is 6.07 Å². The van der Waals surface area contributed by atoms with Crippen molar-refractivity contribution in [3.05, 3.63) is 23.4 Å². The van der Waals surface area contributed by atoms with Crippen molar-refractivity contribution in [2.24, 2.45) is 0 Å². The van der Waals surface area contributed by atoms with Gasteiger partial charge in [-0.15, -0.1) is 0 Å². The lowest BCUT2D eigenvalue weighted by atomic mass is 10.0. The molecule has 0 amide bonds. The molecule has 0 saturated heterocycles. The zero-order chi connectivity index (χ0) is 9.68. The highest BCUT2D eigenvalue weighted by atomic mass is 16.4. The van der Waals surface area contributed by atoms with Gasteiger partial charge < -0.3 is 10.4 Å². The highest BCUT2D eigenvalue weighted by Crippen LogP contribution is 2.17. The minimum absolute atomic E-state index is 0.314. The number of carboxylic acids is 1. The van der Waals surface area contributed by atoms with Crippen LogP contribution in [-0.4, -0.2) is 17.6 Å². The van der Waals surface area contributed by atoms with Gasteiger partial charge in [0.15, 0.2) is 0 Å². The van der Waals surface area contributed by atoms with E-state index in [9.17, 15) is 4.79 Å². The lowest BCUT2D eigenvalue weighted by Gasteiger charge is -2.12. The summed E-state index contributed by atoms with van der Waals surface area (Å²) in [5, 5.41) is 20.1. The van der Waals surface area contributed by atoms with Crippen LogP contribution < -0.4 is 5.32 Å². The predicted octanol–water partition coefficient (Wildman–Crippen LogP) is 0.788. The summed E-state index contributed by atoms with van der Waals surface area (Å²) in [6, 6.07) is 1.99. The van der Waals surface area contributed by atoms with Crippen molar-refractivity contribution in [3.63, 3.8) is 0 Å². The topological polar surface area (TPSA) is 73.1 Å².